The fraction of sp³-hybridized carbons (Fsp3) is 0.188. The SMILES string of the molecule is NC(=O)c1ccccc1CCC(=O)NCc1cccnc1. The zero-order valence-electron chi connectivity index (χ0n) is 11.6. The van der Waals surface area contributed by atoms with Gasteiger partial charge in [0.2, 0.25) is 11.8 Å². The second-order valence-electron chi connectivity index (χ2n) is 4.66. The Labute approximate surface area is 123 Å². The zero-order chi connectivity index (χ0) is 15.1. The topological polar surface area (TPSA) is 85.1 Å². The van der Waals surface area contributed by atoms with Gasteiger partial charge in [-0.25, -0.2) is 0 Å². The average Bonchev–Trinajstić information content (AvgIpc) is 2.52. The Hall–Kier alpha value is -2.69. The van der Waals surface area contributed by atoms with Crippen molar-refractivity contribution >= 4 is 11.8 Å². The van der Waals surface area contributed by atoms with Crippen molar-refractivity contribution in [1.82, 2.24) is 10.3 Å². The molecule has 0 bridgehead atoms. The van der Waals surface area contributed by atoms with Crippen molar-refractivity contribution < 1.29 is 9.59 Å². The van der Waals surface area contributed by atoms with E-state index in [0.29, 0.717) is 24.9 Å². The van der Waals surface area contributed by atoms with E-state index < -0.39 is 5.91 Å². The third-order valence-corrected chi connectivity index (χ3v) is 3.12. The smallest absolute Gasteiger partial charge is 0.248 e. The minimum Gasteiger partial charge on any atom is -0.366 e. The minimum absolute atomic E-state index is 0.0712. The van der Waals surface area contributed by atoms with E-state index in [1.165, 1.54) is 0 Å². The highest BCUT2D eigenvalue weighted by atomic mass is 16.1. The Kier molecular flexibility index (Phi) is 5.04. The number of carbonyl (C=O) groups excluding carboxylic acids is 2. The van der Waals surface area contributed by atoms with Gasteiger partial charge >= 0.3 is 0 Å². The summed E-state index contributed by atoms with van der Waals surface area (Å²) in [5, 5.41) is 2.82. The van der Waals surface area contributed by atoms with Gasteiger partial charge in [-0.3, -0.25) is 14.6 Å². The Morgan fingerprint density at radius 3 is 2.67 bits per heavy atom. The average molecular weight is 283 g/mol. The van der Waals surface area contributed by atoms with Crippen LogP contribution in [0.1, 0.15) is 27.9 Å². The molecule has 108 valence electrons. The minimum atomic E-state index is -0.471. The Bertz CT molecular complexity index is 626. The van der Waals surface area contributed by atoms with E-state index in [1.807, 2.05) is 24.3 Å². The molecule has 5 heteroatoms. The molecule has 0 saturated carbocycles. The first kappa shape index (κ1) is 14.7. The summed E-state index contributed by atoms with van der Waals surface area (Å²) < 4.78 is 0. The van der Waals surface area contributed by atoms with Gasteiger partial charge in [0.1, 0.15) is 0 Å². The number of aryl methyl sites for hydroxylation is 1. The highest BCUT2D eigenvalue weighted by Crippen LogP contribution is 2.10. The lowest BCUT2D eigenvalue weighted by atomic mass is 10.0. The highest BCUT2D eigenvalue weighted by molar-refractivity contribution is 5.94. The summed E-state index contributed by atoms with van der Waals surface area (Å²) in [5.74, 6) is -0.542. The van der Waals surface area contributed by atoms with Gasteiger partial charge in [0, 0.05) is 30.9 Å². The molecule has 0 atom stereocenters. The van der Waals surface area contributed by atoms with Gasteiger partial charge < -0.3 is 11.1 Å². The normalized spacial score (nSPS) is 10.1. The number of primary amides is 1. The predicted molar refractivity (Wildman–Crippen MR) is 79.4 cm³/mol. The number of amides is 2. The number of hydrogen-bond acceptors (Lipinski definition) is 3. The van der Waals surface area contributed by atoms with Crippen LogP contribution in [-0.4, -0.2) is 16.8 Å². The van der Waals surface area contributed by atoms with Gasteiger partial charge in [-0.15, -0.1) is 0 Å². The van der Waals surface area contributed by atoms with Crippen LogP contribution in [0.4, 0.5) is 0 Å². The van der Waals surface area contributed by atoms with Gasteiger partial charge in [-0.2, -0.15) is 0 Å². The van der Waals surface area contributed by atoms with E-state index in [4.69, 9.17) is 5.73 Å². The van der Waals surface area contributed by atoms with Gasteiger partial charge in [-0.1, -0.05) is 24.3 Å². The standard InChI is InChI=1S/C16H17N3O2/c17-16(21)14-6-2-1-5-13(14)7-8-15(20)19-11-12-4-3-9-18-10-12/h1-6,9-10H,7-8,11H2,(H2,17,21)(H,19,20). The van der Waals surface area contributed by atoms with Crippen LogP contribution in [0.15, 0.2) is 48.8 Å². The molecule has 21 heavy (non-hydrogen) atoms. The molecule has 0 aliphatic rings. The van der Waals surface area contributed by atoms with E-state index in [-0.39, 0.29) is 5.91 Å². The molecule has 2 amide bonds. The van der Waals surface area contributed by atoms with Crippen LogP contribution in [0.5, 0.6) is 0 Å². The number of hydrogen-bond donors (Lipinski definition) is 2. The second-order valence-corrected chi connectivity index (χ2v) is 4.66. The highest BCUT2D eigenvalue weighted by Gasteiger charge is 2.09. The lowest BCUT2D eigenvalue weighted by Crippen LogP contribution is -2.23. The third-order valence-electron chi connectivity index (χ3n) is 3.12. The van der Waals surface area contributed by atoms with Crippen LogP contribution in [-0.2, 0) is 17.8 Å². The van der Waals surface area contributed by atoms with Crippen molar-refractivity contribution in [3.05, 3.63) is 65.5 Å². The van der Waals surface area contributed by atoms with Crippen molar-refractivity contribution in [2.24, 2.45) is 5.73 Å². The van der Waals surface area contributed by atoms with Gasteiger partial charge in [0.25, 0.3) is 0 Å². The van der Waals surface area contributed by atoms with Crippen LogP contribution in [0.25, 0.3) is 0 Å². The first-order valence-electron chi connectivity index (χ1n) is 6.70. The number of carbonyl (C=O) groups is 2. The summed E-state index contributed by atoms with van der Waals surface area (Å²) in [6, 6.07) is 10.8. The van der Waals surface area contributed by atoms with Gasteiger partial charge in [0.15, 0.2) is 0 Å². The van der Waals surface area contributed by atoms with Crippen molar-refractivity contribution in [3.8, 4) is 0 Å². The summed E-state index contributed by atoms with van der Waals surface area (Å²) in [7, 11) is 0. The van der Waals surface area contributed by atoms with Crippen LogP contribution in [0.3, 0.4) is 0 Å². The monoisotopic (exact) mass is 283 g/mol. The molecule has 0 fully saturated rings. The summed E-state index contributed by atoms with van der Waals surface area (Å²) >= 11 is 0. The number of nitrogens with two attached hydrogens (primary N) is 1. The first-order valence-corrected chi connectivity index (χ1v) is 6.70. The lowest BCUT2D eigenvalue weighted by molar-refractivity contribution is -0.121. The summed E-state index contributed by atoms with van der Waals surface area (Å²) in [6.07, 6.45) is 4.19. The van der Waals surface area contributed by atoms with Gasteiger partial charge in [-0.05, 0) is 29.7 Å². The molecule has 0 aliphatic heterocycles. The van der Waals surface area contributed by atoms with Crippen LogP contribution < -0.4 is 11.1 Å². The Balaban J connectivity index is 1.86. The van der Waals surface area contributed by atoms with Crippen LogP contribution >= 0.6 is 0 Å². The maximum Gasteiger partial charge on any atom is 0.248 e. The molecule has 2 rings (SSSR count). The van der Waals surface area contributed by atoms with E-state index in [1.54, 1.807) is 24.5 Å². The quantitative estimate of drug-likeness (QED) is 0.841. The molecule has 1 heterocycles. The van der Waals surface area contributed by atoms with Crippen molar-refractivity contribution in [2.75, 3.05) is 0 Å². The molecule has 0 radical (unpaired) electrons. The number of nitrogens with one attached hydrogen (secondary N) is 1. The second kappa shape index (κ2) is 7.19. The molecule has 0 spiro atoms. The number of pyridine rings is 1. The predicted octanol–water partition coefficient (Wildman–Crippen LogP) is 1.43. The van der Waals surface area contributed by atoms with E-state index in [9.17, 15) is 9.59 Å². The van der Waals surface area contributed by atoms with Crippen molar-refractivity contribution in [3.63, 3.8) is 0 Å². The molecular weight excluding hydrogens is 266 g/mol. The van der Waals surface area contributed by atoms with Crippen molar-refractivity contribution in [2.45, 2.75) is 19.4 Å². The third kappa shape index (κ3) is 4.42. The molecule has 1 aromatic carbocycles. The zero-order valence-corrected chi connectivity index (χ0v) is 11.6. The molecule has 0 saturated heterocycles. The maximum atomic E-state index is 11.8. The number of nitrogens with zero attached hydrogens (tertiary/aromatic N) is 1. The maximum absolute atomic E-state index is 11.8. The van der Waals surface area contributed by atoms with Crippen molar-refractivity contribution in [1.29, 1.82) is 0 Å². The van der Waals surface area contributed by atoms with E-state index in [0.717, 1.165) is 11.1 Å². The molecule has 1 aromatic heterocycles. The molecule has 2 aromatic rings. The van der Waals surface area contributed by atoms with Crippen LogP contribution in [0.2, 0.25) is 0 Å². The fourth-order valence-corrected chi connectivity index (χ4v) is 2.02. The number of aromatic nitrogens is 1. The fourth-order valence-electron chi connectivity index (χ4n) is 2.02. The number of rotatable bonds is 6. The van der Waals surface area contributed by atoms with E-state index >= 15 is 0 Å². The summed E-state index contributed by atoms with van der Waals surface area (Å²) in [4.78, 5) is 27.1. The first-order chi connectivity index (χ1) is 10.2. The van der Waals surface area contributed by atoms with Gasteiger partial charge in [0.05, 0.1) is 0 Å². The lowest BCUT2D eigenvalue weighted by Gasteiger charge is -2.07. The Morgan fingerprint density at radius 2 is 1.95 bits per heavy atom. The van der Waals surface area contributed by atoms with Crippen LogP contribution in [0, 0.1) is 0 Å². The molecular formula is C16H17N3O2. The molecule has 0 unspecified atom stereocenters. The molecule has 5 nitrogen and oxygen atoms in total. The summed E-state index contributed by atoms with van der Waals surface area (Å²) in [5.41, 5.74) is 7.52. The number of benzene rings is 1. The summed E-state index contributed by atoms with van der Waals surface area (Å²) in [6.45, 7) is 0.449. The van der Waals surface area contributed by atoms with E-state index in [2.05, 4.69) is 10.3 Å². The molecule has 3 N–H and O–H groups in total. The molecule has 0 aliphatic carbocycles. The largest absolute Gasteiger partial charge is 0.366 e. The Morgan fingerprint density at radius 1 is 1.14 bits per heavy atom.